The van der Waals surface area contributed by atoms with Crippen molar-refractivity contribution in [1.29, 1.82) is 0 Å². The van der Waals surface area contributed by atoms with Crippen LogP contribution >= 0.6 is 0 Å². The summed E-state index contributed by atoms with van der Waals surface area (Å²) in [6.07, 6.45) is 0. The van der Waals surface area contributed by atoms with Crippen LogP contribution in [0.2, 0.25) is 0 Å². The lowest BCUT2D eigenvalue weighted by Gasteiger charge is -2.12. The van der Waals surface area contributed by atoms with Crippen LogP contribution in [0.3, 0.4) is 0 Å². The largest absolute Gasteiger partial charge is 0.376 e. The third-order valence-corrected chi connectivity index (χ3v) is 3.40. The van der Waals surface area contributed by atoms with E-state index in [0.29, 0.717) is 22.5 Å². The number of benzene rings is 2. The van der Waals surface area contributed by atoms with E-state index in [-0.39, 0.29) is 18.4 Å². The predicted octanol–water partition coefficient (Wildman–Crippen LogP) is 1.54. The second kappa shape index (κ2) is 7.96. The molecule has 0 saturated heterocycles. The van der Waals surface area contributed by atoms with Crippen molar-refractivity contribution >= 4 is 29.1 Å². The first-order valence-corrected chi connectivity index (χ1v) is 7.62. The highest BCUT2D eigenvalue weighted by Crippen LogP contribution is 2.13. The number of nitrogens with one attached hydrogen (secondary N) is 2. The highest BCUT2D eigenvalue weighted by molar-refractivity contribution is 5.98. The highest BCUT2D eigenvalue weighted by atomic mass is 16.2. The van der Waals surface area contributed by atoms with E-state index in [2.05, 4.69) is 10.6 Å². The van der Waals surface area contributed by atoms with Crippen LogP contribution in [-0.2, 0) is 4.79 Å². The van der Waals surface area contributed by atoms with E-state index in [4.69, 9.17) is 5.73 Å². The Kier molecular flexibility index (Phi) is 5.73. The van der Waals surface area contributed by atoms with Crippen LogP contribution in [0.5, 0.6) is 0 Å². The molecule has 4 N–H and O–H groups in total. The normalized spacial score (nSPS) is 10.0. The standard InChI is InChI=1S/C18H20N4O3/c1-22(2)18(25)13-6-4-8-15(10-13)21-16(23)11-20-14-7-3-5-12(9-14)17(19)24/h3-10,20H,11H2,1-2H3,(H2,19,24)(H,21,23). The van der Waals surface area contributed by atoms with Crippen molar-refractivity contribution in [2.75, 3.05) is 31.3 Å². The maximum Gasteiger partial charge on any atom is 0.253 e. The molecule has 2 aromatic rings. The lowest BCUT2D eigenvalue weighted by molar-refractivity contribution is -0.114. The minimum atomic E-state index is -0.532. The molecule has 0 aliphatic heterocycles. The maximum absolute atomic E-state index is 12.1. The highest BCUT2D eigenvalue weighted by Gasteiger charge is 2.09. The molecule has 7 heteroatoms. The zero-order chi connectivity index (χ0) is 18.4. The fourth-order valence-corrected chi connectivity index (χ4v) is 2.16. The van der Waals surface area contributed by atoms with Crippen molar-refractivity contribution in [1.82, 2.24) is 4.90 Å². The summed E-state index contributed by atoms with van der Waals surface area (Å²) in [7, 11) is 3.33. The monoisotopic (exact) mass is 340 g/mol. The van der Waals surface area contributed by atoms with Crippen molar-refractivity contribution in [3.63, 3.8) is 0 Å². The molecule has 25 heavy (non-hydrogen) atoms. The summed E-state index contributed by atoms with van der Waals surface area (Å²) in [6.45, 7) is 0.00801. The molecule has 2 aromatic carbocycles. The first-order chi connectivity index (χ1) is 11.9. The van der Waals surface area contributed by atoms with E-state index < -0.39 is 5.91 Å². The fraction of sp³-hybridized carbons (Fsp3) is 0.167. The summed E-state index contributed by atoms with van der Waals surface area (Å²) in [5.74, 6) is -0.952. The molecule has 0 spiro atoms. The van der Waals surface area contributed by atoms with Gasteiger partial charge in [-0.25, -0.2) is 0 Å². The SMILES string of the molecule is CN(C)C(=O)c1cccc(NC(=O)CNc2cccc(C(N)=O)c2)c1. The fourth-order valence-electron chi connectivity index (χ4n) is 2.16. The number of amides is 3. The number of hydrogen-bond acceptors (Lipinski definition) is 4. The first-order valence-electron chi connectivity index (χ1n) is 7.62. The summed E-state index contributed by atoms with van der Waals surface area (Å²) in [6, 6.07) is 13.3. The summed E-state index contributed by atoms with van der Waals surface area (Å²) in [5, 5.41) is 5.64. The molecule has 0 radical (unpaired) electrons. The molecule has 0 aromatic heterocycles. The molecule has 7 nitrogen and oxygen atoms in total. The van der Waals surface area contributed by atoms with Gasteiger partial charge < -0.3 is 21.3 Å². The number of nitrogens with zero attached hydrogens (tertiary/aromatic N) is 1. The first kappa shape index (κ1) is 18.0. The third kappa shape index (κ3) is 5.07. The van der Waals surface area contributed by atoms with Crippen molar-refractivity contribution in [2.24, 2.45) is 5.73 Å². The Morgan fingerprint density at radius 3 is 2.20 bits per heavy atom. The summed E-state index contributed by atoms with van der Waals surface area (Å²) in [5.41, 5.74) is 7.22. The zero-order valence-corrected chi connectivity index (χ0v) is 14.1. The van der Waals surface area contributed by atoms with Gasteiger partial charge in [0, 0.05) is 36.6 Å². The van der Waals surface area contributed by atoms with Crippen LogP contribution < -0.4 is 16.4 Å². The number of hydrogen-bond donors (Lipinski definition) is 3. The molecule has 0 aliphatic rings. The van der Waals surface area contributed by atoms with Gasteiger partial charge in [-0.3, -0.25) is 14.4 Å². The van der Waals surface area contributed by atoms with Gasteiger partial charge in [-0.1, -0.05) is 12.1 Å². The molecule has 0 fully saturated rings. The van der Waals surface area contributed by atoms with Crippen molar-refractivity contribution in [3.05, 3.63) is 59.7 Å². The molecule has 3 amide bonds. The smallest absolute Gasteiger partial charge is 0.253 e. The lowest BCUT2D eigenvalue weighted by atomic mass is 10.2. The van der Waals surface area contributed by atoms with Gasteiger partial charge in [0.2, 0.25) is 11.8 Å². The van der Waals surface area contributed by atoms with Crippen LogP contribution in [-0.4, -0.2) is 43.3 Å². The quantitative estimate of drug-likeness (QED) is 0.742. The van der Waals surface area contributed by atoms with Crippen LogP contribution in [0.4, 0.5) is 11.4 Å². The molecule has 0 bridgehead atoms. The van der Waals surface area contributed by atoms with Gasteiger partial charge in [0.25, 0.3) is 5.91 Å². The van der Waals surface area contributed by atoms with E-state index in [0.717, 1.165) is 0 Å². The number of carbonyl (C=O) groups is 3. The Balaban J connectivity index is 1.97. The molecule has 2 rings (SSSR count). The number of nitrogens with two attached hydrogens (primary N) is 1. The van der Waals surface area contributed by atoms with Gasteiger partial charge in [0.15, 0.2) is 0 Å². The van der Waals surface area contributed by atoms with E-state index in [9.17, 15) is 14.4 Å². The second-order valence-corrected chi connectivity index (χ2v) is 5.63. The lowest BCUT2D eigenvalue weighted by Crippen LogP contribution is -2.23. The van der Waals surface area contributed by atoms with Crippen molar-refractivity contribution in [3.8, 4) is 0 Å². The molecule has 0 saturated carbocycles. The van der Waals surface area contributed by atoms with Gasteiger partial charge >= 0.3 is 0 Å². The van der Waals surface area contributed by atoms with Crippen LogP contribution in [0.15, 0.2) is 48.5 Å². The number of primary amides is 1. The Morgan fingerprint density at radius 1 is 0.960 bits per heavy atom. The molecule has 0 aliphatic carbocycles. The summed E-state index contributed by atoms with van der Waals surface area (Å²) < 4.78 is 0. The van der Waals surface area contributed by atoms with Crippen molar-refractivity contribution in [2.45, 2.75) is 0 Å². The molecular weight excluding hydrogens is 320 g/mol. The minimum Gasteiger partial charge on any atom is -0.376 e. The average molecular weight is 340 g/mol. The molecule has 0 unspecified atom stereocenters. The van der Waals surface area contributed by atoms with E-state index >= 15 is 0 Å². The molecular formula is C18H20N4O3. The average Bonchev–Trinajstić information content (AvgIpc) is 2.59. The Bertz CT molecular complexity index is 802. The molecule has 0 heterocycles. The third-order valence-electron chi connectivity index (χ3n) is 3.40. The second-order valence-electron chi connectivity index (χ2n) is 5.63. The number of carbonyl (C=O) groups excluding carboxylic acids is 3. The Hall–Kier alpha value is -3.35. The van der Waals surface area contributed by atoms with Gasteiger partial charge in [0.05, 0.1) is 6.54 Å². The van der Waals surface area contributed by atoms with Gasteiger partial charge in [-0.15, -0.1) is 0 Å². The number of rotatable bonds is 6. The van der Waals surface area contributed by atoms with Crippen molar-refractivity contribution < 1.29 is 14.4 Å². The Labute approximate surface area is 145 Å². The minimum absolute atomic E-state index is 0.00801. The predicted molar refractivity (Wildman–Crippen MR) is 96.5 cm³/mol. The van der Waals surface area contributed by atoms with Crippen LogP contribution in [0.1, 0.15) is 20.7 Å². The Morgan fingerprint density at radius 2 is 1.56 bits per heavy atom. The molecule has 0 atom stereocenters. The topological polar surface area (TPSA) is 105 Å². The van der Waals surface area contributed by atoms with Gasteiger partial charge in [0.1, 0.15) is 0 Å². The van der Waals surface area contributed by atoms with Gasteiger partial charge in [-0.05, 0) is 36.4 Å². The van der Waals surface area contributed by atoms with E-state index in [1.807, 2.05) is 0 Å². The van der Waals surface area contributed by atoms with E-state index in [1.54, 1.807) is 62.6 Å². The van der Waals surface area contributed by atoms with Crippen LogP contribution in [0, 0.1) is 0 Å². The number of anilines is 2. The zero-order valence-electron chi connectivity index (χ0n) is 14.1. The summed E-state index contributed by atoms with van der Waals surface area (Å²) >= 11 is 0. The molecule has 130 valence electrons. The van der Waals surface area contributed by atoms with Crippen LogP contribution in [0.25, 0.3) is 0 Å². The maximum atomic E-state index is 12.1. The van der Waals surface area contributed by atoms with Gasteiger partial charge in [-0.2, -0.15) is 0 Å². The summed E-state index contributed by atoms with van der Waals surface area (Å²) in [4.78, 5) is 36.6. The van der Waals surface area contributed by atoms with E-state index in [1.165, 1.54) is 4.90 Å².